The number of rotatable bonds is 5. The molecule has 17 heavy (non-hydrogen) atoms. The Bertz CT molecular complexity index is 406. The Morgan fingerprint density at radius 1 is 1.59 bits per heavy atom. The first kappa shape index (κ1) is 13.3. The van der Waals surface area contributed by atoms with E-state index >= 15 is 0 Å². The molecular weight excluding hydrogens is 220 g/mol. The molecule has 2 atom stereocenters. The summed E-state index contributed by atoms with van der Waals surface area (Å²) in [6, 6.07) is 5.56. The van der Waals surface area contributed by atoms with Crippen LogP contribution in [0, 0.1) is 18.8 Å². The van der Waals surface area contributed by atoms with Crippen molar-refractivity contribution in [2.45, 2.75) is 20.3 Å². The largest absolute Gasteiger partial charge is 0.373 e. The lowest BCUT2D eigenvalue weighted by atomic mass is 9.91. The fourth-order valence-electron chi connectivity index (χ4n) is 1.58. The van der Waals surface area contributed by atoms with Crippen LogP contribution in [-0.4, -0.2) is 17.2 Å². The molecule has 5 nitrogen and oxygen atoms in total. The second-order valence-corrected chi connectivity index (χ2v) is 4.00. The average Bonchev–Trinajstić information content (AvgIpc) is 2.34. The van der Waals surface area contributed by atoms with Gasteiger partial charge in [0.05, 0.1) is 5.92 Å². The SMILES string of the molecule is Cc1cccc(CC(C=O)C(C)C(=O)ON)n1. The number of carbonyl (C=O) groups is 2. The molecule has 0 aliphatic heterocycles. The molecule has 0 bridgehead atoms. The molecule has 2 unspecified atom stereocenters. The lowest BCUT2D eigenvalue weighted by Crippen LogP contribution is -2.28. The summed E-state index contributed by atoms with van der Waals surface area (Å²) in [7, 11) is 0. The van der Waals surface area contributed by atoms with Crippen LogP contribution in [0.4, 0.5) is 0 Å². The third-order valence-electron chi connectivity index (χ3n) is 2.70. The molecular formula is C12H16N2O3. The van der Waals surface area contributed by atoms with Crippen LogP contribution in [-0.2, 0) is 20.8 Å². The number of hydrogen-bond acceptors (Lipinski definition) is 5. The number of carbonyl (C=O) groups excluding carboxylic acids is 2. The summed E-state index contributed by atoms with van der Waals surface area (Å²) in [5, 5.41) is 0. The van der Waals surface area contributed by atoms with Crippen molar-refractivity contribution in [3.05, 3.63) is 29.6 Å². The first-order valence-corrected chi connectivity index (χ1v) is 5.37. The van der Waals surface area contributed by atoms with Gasteiger partial charge in [0.2, 0.25) is 0 Å². The van der Waals surface area contributed by atoms with Gasteiger partial charge in [0, 0.05) is 17.3 Å². The minimum Gasteiger partial charge on any atom is -0.373 e. The first-order chi connectivity index (χ1) is 8.08. The molecule has 0 aromatic carbocycles. The van der Waals surface area contributed by atoms with Crippen molar-refractivity contribution in [2.75, 3.05) is 0 Å². The van der Waals surface area contributed by atoms with E-state index in [1.165, 1.54) is 0 Å². The average molecular weight is 236 g/mol. The summed E-state index contributed by atoms with van der Waals surface area (Å²) in [5.74, 6) is 3.17. The van der Waals surface area contributed by atoms with E-state index < -0.39 is 17.8 Å². The van der Waals surface area contributed by atoms with Gasteiger partial charge >= 0.3 is 5.97 Å². The molecule has 92 valence electrons. The van der Waals surface area contributed by atoms with Crippen LogP contribution in [0.15, 0.2) is 18.2 Å². The van der Waals surface area contributed by atoms with Crippen LogP contribution >= 0.6 is 0 Å². The predicted molar refractivity (Wildman–Crippen MR) is 61.7 cm³/mol. The molecule has 1 heterocycles. The van der Waals surface area contributed by atoms with E-state index in [1.807, 2.05) is 25.1 Å². The zero-order chi connectivity index (χ0) is 12.8. The molecule has 0 fully saturated rings. The summed E-state index contributed by atoms with van der Waals surface area (Å²) in [4.78, 5) is 30.6. The predicted octanol–water partition coefficient (Wildman–Crippen LogP) is 0.801. The number of nitrogens with two attached hydrogens (primary N) is 1. The van der Waals surface area contributed by atoms with E-state index in [-0.39, 0.29) is 0 Å². The second-order valence-electron chi connectivity index (χ2n) is 4.00. The third-order valence-corrected chi connectivity index (χ3v) is 2.70. The maximum Gasteiger partial charge on any atom is 0.327 e. The van der Waals surface area contributed by atoms with Crippen molar-refractivity contribution >= 4 is 12.3 Å². The van der Waals surface area contributed by atoms with E-state index in [0.29, 0.717) is 6.42 Å². The number of nitrogens with zero attached hydrogens (tertiary/aromatic N) is 1. The zero-order valence-electron chi connectivity index (χ0n) is 9.92. The summed E-state index contributed by atoms with van der Waals surface area (Å²) in [6.45, 7) is 3.49. The van der Waals surface area contributed by atoms with Crippen molar-refractivity contribution in [2.24, 2.45) is 17.7 Å². The monoisotopic (exact) mass is 236 g/mol. The van der Waals surface area contributed by atoms with Crippen LogP contribution in [0.2, 0.25) is 0 Å². The molecule has 0 aliphatic carbocycles. The van der Waals surface area contributed by atoms with Crippen molar-refractivity contribution in [1.82, 2.24) is 4.98 Å². The van der Waals surface area contributed by atoms with Crippen LogP contribution in [0.5, 0.6) is 0 Å². The highest BCUT2D eigenvalue weighted by atomic mass is 16.7. The highest BCUT2D eigenvalue weighted by Gasteiger charge is 2.25. The van der Waals surface area contributed by atoms with Gasteiger partial charge in [-0.15, -0.1) is 0 Å². The molecule has 0 saturated heterocycles. The number of aromatic nitrogens is 1. The first-order valence-electron chi connectivity index (χ1n) is 5.37. The lowest BCUT2D eigenvalue weighted by molar-refractivity contribution is -0.151. The molecule has 0 spiro atoms. The van der Waals surface area contributed by atoms with Crippen LogP contribution < -0.4 is 5.90 Å². The Hall–Kier alpha value is -1.75. The summed E-state index contributed by atoms with van der Waals surface area (Å²) >= 11 is 0. The van der Waals surface area contributed by atoms with Gasteiger partial charge in [0.1, 0.15) is 6.29 Å². The van der Waals surface area contributed by atoms with Crippen LogP contribution in [0.1, 0.15) is 18.3 Å². The summed E-state index contributed by atoms with van der Waals surface area (Å²) < 4.78 is 0. The lowest BCUT2D eigenvalue weighted by Gasteiger charge is -2.15. The minimum atomic E-state index is -0.588. The molecule has 0 saturated carbocycles. The quantitative estimate of drug-likeness (QED) is 0.604. The maximum atomic E-state index is 11.2. The minimum absolute atomic E-state index is 0.404. The van der Waals surface area contributed by atoms with Gasteiger partial charge in [-0.1, -0.05) is 13.0 Å². The summed E-state index contributed by atoms with van der Waals surface area (Å²) in [5.41, 5.74) is 1.65. The zero-order valence-corrected chi connectivity index (χ0v) is 9.92. The highest BCUT2D eigenvalue weighted by molar-refractivity contribution is 5.76. The van der Waals surface area contributed by atoms with Gasteiger partial charge in [0.15, 0.2) is 0 Å². The second kappa shape index (κ2) is 6.10. The standard InChI is InChI=1S/C12H16N2O3/c1-8-4-3-5-11(14-8)6-10(7-15)9(2)12(16)17-13/h3-5,7,9-10H,6,13H2,1-2H3. The van der Waals surface area contributed by atoms with Crippen molar-refractivity contribution in [1.29, 1.82) is 0 Å². The number of aldehydes is 1. The molecule has 0 amide bonds. The maximum absolute atomic E-state index is 11.2. The van der Waals surface area contributed by atoms with E-state index in [4.69, 9.17) is 5.90 Å². The Morgan fingerprint density at radius 2 is 2.29 bits per heavy atom. The van der Waals surface area contributed by atoms with E-state index in [2.05, 4.69) is 9.82 Å². The van der Waals surface area contributed by atoms with Crippen LogP contribution in [0.3, 0.4) is 0 Å². The molecule has 5 heteroatoms. The normalized spacial score (nSPS) is 13.8. The molecule has 1 aromatic heterocycles. The van der Waals surface area contributed by atoms with Gasteiger partial charge in [-0.2, -0.15) is 5.90 Å². The molecule has 1 rings (SSSR count). The fraction of sp³-hybridized carbons (Fsp3) is 0.417. The van der Waals surface area contributed by atoms with Gasteiger partial charge in [-0.3, -0.25) is 9.78 Å². The highest BCUT2D eigenvalue weighted by Crippen LogP contribution is 2.16. The molecule has 1 aromatic rings. The van der Waals surface area contributed by atoms with Gasteiger partial charge < -0.3 is 9.63 Å². The van der Waals surface area contributed by atoms with Crippen molar-refractivity contribution in [3.8, 4) is 0 Å². The van der Waals surface area contributed by atoms with Crippen LogP contribution in [0.25, 0.3) is 0 Å². The molecule has 0 radical (unpaired) electrons. The van der Waals surface area contributed by atoms with Gasteiger partial charge in [-0.05, 0) is 25.5 Å². The Morgan fingerprint density at radius 3 is 2.82 bits per heavy atom. The molecule has 2 N–H and O–H groups in total. The van der Waals surface area contributed by atoms with Gasteiger partial charge in [-0.25, -0.2) is 0 Å². The van der Waals surface area contributed by atoms with E-state index in [0.717, 1.165) is 17.7 Å². The van der Waals surface area contributed by atoms with E-state index in [1.54, 1.807) is 6.92 Å². The van der Waals surface area contributed by atoms with Crippen molar-refractivity contribution in [3.63, 3.8) is 0 Å². The topological polar surface area (TPSA) is 82.3 Å². The molecule has 0 aliphatic rings. The third kappa shape index (κ3) is 3.64. The smallest absolute Gasteiger partial charge is 0.327 e. The number of aryl methyl sites for hydroxylation is 1. The van der Waals surface area contributed by atoms with Gasteiger partial charge in [0.25, 0.3) is 0 Å². The van der Waals surface area contributed by atoms with Crippen molar-refractivity contribution < 1.29 is 14.4 Å². The Kier molecular flexibility index (Phi) is 4.78. The van der Waals surface area contributed by atoms with E-state index in [9.17, 15) is 9.59 Å². The number of pyridine rings is 1. The number of hydrogen-bond donors (Lipinski definition) is 1. The Balaban J connectivity index is 2.76. The summed E-state index contributed by atoms with van der Waals surface area (Å²) in [6.07, 6.45) is 1.15. The fourth-order valence-corrected chi connectivity index (χ4v) is 1.58. The Labute approximate surface area is 99.9 Å².